The summed E-state index contributed by atoms with van der Waals surface area (Å²) in [5.41, 5.74) is 6.68. The van der Waals surface area contributed by atoms with Crippen LogP contribution in [0.25, 0.3) is 5.65 Å². The van der Waals surface area contributed by atoms with Crippen LogP contribution in [0.15, 0.2) is 24.4 Å². The van der Waals surface area contributed by atoms with Crippen molar-refractivity contribution in [1.82, 2.24) is 19.5 Å². The van der Waals surface area contributed by atoms with Crippen LogP contribution in [0.1, 0.15) is 56.7 Å². The van der Waals surface area contributed by atoms with E-state index >= 15 is 0 Å². The standard InChI is InChI=1S/C18H25N5O/c19-18(9-3-1-4-10-18)17(24)22-11-6-7-14(13-22)16-21-20-15-8-2-5-12-23(15)16/h2,5,8,12,14H,1,3-4,6-7,9-11,13,19H2. The third-order valence-electron chi connectivity index (χ3n) is 5.59. The SMILES string of the molecule is NC1(C(=O)N2CCCC(c3nnc4ccccn34)C2)CCCCC1. The smallest absolute Gasteiger partial charge is 0.242 e. The summed E-state index contributed by atoms with van der Waals surface area (Å²) in [6.45, 7) is 1.51. The monoisotopic (exact) mass is 327 g/mol. The second-order valence-electron chi connectivity index (χ2n) is 7.29. The number of nitrogens with two attached hydrogens (primary N) is 1. The lowest BCUT2D eigenvalue weighted by Crippen LogP contribution is -2.57. The van der Waals surface area contributed by atoms with Gasteiger partial charge in [-0.05, 0) is 37.8 Å². The summed E-state index contributed by atoms with van der Waals surface area (Å²) < 4.78 is 2.04. The van der Waals surface area contributed by atoms with Gasteiger partial charge in [0.25, 0.3) is 0 Å². The van der Waals surface area contributed by atoms with E-state index < -0.39 is 5.54 Å². The molecule has 1 aliphatic heterocycles. The minimum absolute atomic E-state index is 0.140. The number of carbonyl (C=O) groups is 1. The van der Waals surface area contributed by atoms with Gasteiger partial charge in [-0.3, -0.25) is 9.20 Å². The molecule has 1 amide bonds. The first-order chi connectivity index (χ1) is 11.7. The Morgan fingerprint density at radius 3 is 2.83 bits per heavy atom. The Labute approximate surface area is 142 Å². The quantitative estimate of drug-likeness (QED) is 0.916. The number of likely N-dealkylation sites (tertiary alicyclic amines) is 1. The van der Waals surface area contributed by atoms with Crippen LogP contribution in [-0.4, -0.2) is 44.0 Å². The molecule has 4 rings (SSSR count). The molecule has 1 saturated heterocycles. The van der Waals surface area contributed by atoms with Crippen LogP contribution in [0.2, 0.25) is 0 Å². The molecule has 2 N–H and O–H groups in total. The summed E-state index contributed by atoms with van der Waals surface area (Å²) in [7, 11) is 0. The molecule has 128 valence electrons. The van der Waals surface area contributed by atoms with Crippen LogP contribution in [0, 0.1) is 0 Å². The number of aromatic nitrogens is 3. The predicted octanol–water partition coefficient (Wildman–Crippen LogP) is 2.10. The Morgan fingerprint density at radius 1 is 1.17 bits per heavy atom. The largest absolute Gasteiger partial charge is 0.340 e. The van der Waals surface area contributed by atoms with Crippen molar-refractivity contribution >= 4 is 11.6 Å². The lowest BCUT2D eigenvalue weighted by molar-refractivity contribution is -0.139. The topological polar surface area (TPSA) is 76.5 Å². The van der Waals surface area contributed by atoms with E-state index in [1.54, 1.807) is 0 Å². The number of amides is 1. The van der Waals surface area contributed by atoms with Crippen molar-refractivity contribution in [2.24, 2.45) is 5.73 Å². The zero-order chi connectivity index (χ0) is 16.6. The van der Waals surface area contributed by atoms with Gasteiger partial charge in [0.1, 0.15) is 5.82 Å². The molecule has 1 saturated carbocycles. The molecule has 0 radical (unpaired) electrons. The molecule has 2 aromatic rings. The summed E-state index contributed by atoms with van der Waals surface area (Å²) in [5.74, 6) is 1.32. The Hall–Kier alpha value is -1.95. The molecule has 0 spiro atoms. The molecule has 1 aliphatic carbocycles. The van der Waals surface area contributed by atoms with Gasteiger partial charge in [-0.1, -0.05) is 25.3 Å². The summed E-state index contributed by atoms with van der Waals surface area (Å²) in [5, 5.41) is 8.64. The molecule has 2 aliphatic rings. The molecule has 3 heterocycles. The van der Waals surface area contributed by atoms with Gasteiger partial charge in [0, 0.05) is 25.2 Å². The number of pyridine rings is 1. The van der Waals surface area contributed by atoms with Gasteiger partial charge in [-0.15, -0.1) is 10.2 Å². The van der Waals surface area contributed by atoms with Crippen molar-refractivity contribution in [1.29, 1.82) is 0 Å². The highest BCUT2D eigenvalue weighted by Crippen LogP contribution is 2.31. The fraction of sp³-hybridized carbons (Fsp3) is 0.611. The van der Waals surface area contributed by atoms with Crippen LogP contribution < -0.4 is 5.73 Å². The van der Waals surface area contributed by atoms with E-state index in [0.717, 1.165) is 56.5 Å². The Bertz CT molecular complexity index is 734. The zero-order valence-corrected chi connectivity index (χ0v) is 14.0. The second kappa shape index (κ2) is 6.16. The molecular formula is C18H25N5O. The summed E-state index contributed by atoms with van der Waals surface area (Å²) in [6, 6.07) is 5.91. The second-order valence-corrected chi connectivity index (χ2v) is 7.29. The van der Waals surface area contributed by atoms with E-state index in [0.29, 0.717) is 6.54 Å². The molecule has 1 atom stereocenters. The molecule has 2 fully saturated rings. The van der Waals surface area contributed by atoms with Crippen molar-refractivity contribution in [3.05, 3.63) is 30.2 Å². The highest BCUT2D eigenvalue weighted by Gasteiger charge is 2.40. The number of fused-ring (bicyclic) bond motifs is 1. The van der Waals surface area contributed by atoms with Gasteiger partial charge in [-0.2, -0.15) is 0 Å². The minimum Gasteiger partial charge on any atom is -0.340 e. The zero-order valence-electron chi connectivity index (χ0n) is 14.0. The van der Waals surface area contributed by atoms with E-state index in [4.69, 9.17) is 5.73 Å². The van der Waals surface area contributed by atoms with Crippen LogP contribution in [0.5, 0.6) is 0 Å². The molecule has 1 unspecified atom stereocenters. The molecule has 0 bridgehead atoms. The third-order valence-corrected chi connectivity index (χ3v) is 5.59. The van der Waals surface area contributed by atoms with E-state index in [9.17, 15) is 4.79 Å². The number of rotatable bonds is 2. The first-order valence-corrected chi connectivity index (χ1v) is 9.05. The number of nitrogens with zero attached hydrogens (tertiary/aromatic N) is 4. The maximum atomic E-state index is 13.0. The van der Waals surface area contributed by atoms with Crippen LogP contribution in [0.3, 0.4) is 0 Å². The van der Waals surface area contributed by atoms with E-state index in [2.05, 4.69) is 10.2 Å². The lowest BCUT2D eigenvalue weighted by atomic mass is 9.81. The van der Waals surface area contributed by atoms with Crippen LogP contribution in [-0.2, 0) is 4.79 Å². The summed E-state index contributed by atoms with van der Waals surface area (Å²) >= 11 is 0. The summed E-state index contributed by atoms with van der Waals surface area (Å²) in [4.78, 5) is 15.0. The van der Waals surface area contributed by atoms with Crippen molar-refractivity contribution in [3.8, 4) is 0 Å². The van der Waals surface area contributed by atoms with Gasteiger partial charge in [0.2, 0.25) is 5.91 Å². The Morgan fingerprint density at radius 2 is 2.00 bits per heavy atom. The first-order valence-electron chi connectivity index (χ1n) is 9.05. The van der Waals surface area contributed by atoms with Crippen molar-refractivity contribution < 1.29 is 4.79 Å². The maximum absolute atomic E-state index is 13.0. The highest BCUT2D eigenvalue weighted by atomic mass is 16.2. The number of carbonyl (C=O) groups excluding carboxylic acids is 1. The number of hydrogen-bond acceptors (Lipinski definition) is 4. The minimum atomic E-state index is -0.646. The predicted molar refractivity (Wildman–Crippen MR) is 91.5 cm³/mol. The maximum Gasteiger partial charge on any atom is 0.242 e. The highest BCUT2D eigenvalue weighted by molar-refractivity contribution is 5.86. The molecule has 2 aromatic heterocycles. The van der Waals surface area contributed by atoms with Crippen molar-refractivity contribution in [3.63, 3.8) is 0 Å². The van der Waals surface area contributed by atoms with Gasteiger partial charge in [0.15, 0.2) is 5.65 Å². The number of hydrogen-bond donors (Lipinski definition) is 1. The Balaban J connectivity index is 1.54. The molecule has 24 heavy (non-hydrogen) atoms. The normalized spacial score (nSPS) is 24.2. The van der Waals surface area contributed by atoms with Gasteiger partial charge in [-0.25, -0.2) is 0 Å². The third kappa shape index (κ3) is 2.69. The van der Waals surface area contributed by atoms with E-state index in [-0.39, 0.29) is 11.8 Å². The van der Waals surface area contributed by atoms with E-state index in [1.807, 2.05) is 33.7 Å². The summed E-state index contributed by atoms with van der Waals surface area (Å²) in [6.07, 6.45) is 8.99. The average Bonchev–Trinajstić information content (AvgIpc) is 3.06. The fourth-order valence-corrected chi connectivity index (χ4v) is 4.22. The van der Waals surface area contributed by atoms with Gasteiger partial charge >= 0.3 is 0 Å². The van der Waals surface area contributed by atoms with Crippen molar-refractivity contribution in [2.45, 2.75) is 56.4 Å². The lowest BCUT2D eigenvalue weighted by Gasteiger charge is -2.40. The van der Waals surface area contributed by atoms with Gasteiger partial charge in [0.05, 0.1) is 5.54 Å². The Kier molecular flexibility index (Phi) is 4.00. The van der Waals surface area contributed by atoms with E-state index in [1.165, 1.54) is 6.42 Å². The molecular weight excluding hydrogens is 302 g/mol. The van der Waals surface area contributed by atoms with Crippen LogP contribution >= 0.6 is 0 Å². The van der Waals surface area contributed by atoms with Gasteiger partial charge < -0.3 is 10.6 Å². The molecule has 6 heteroatoms. The number of piperidine rings is 1. The van der Waals surface area contributed by atoms with Crippen molar-refractivity contribution in [2.75, 3.05) is 13.1 Å². The van der Waals surface area contributed by atoms with Crippen LogP contribution in [0.4, 0.5) is 0 Å². The fourth-order valence-electron chi connectivity index (χ4n) is 4.22. The first kappa shape index (κ1) is 15.6. The average molecular weight is 327 g/mol. The molecule has 0 aromatic carbocycles. The molecule has 6 nitrogen and oxygen atoms in total.